The highest BCUT2D eigenvalue weighted by Crippen LogP contribution is 2.34. The molecule has 1 atom stereocenters. The SMILES string of the molecule is c1cc2c(cc1-c1cn[nH]c1C1CCCNC1)CCO2. The molecule has 1 unspecified atom stereocenters. The Hall–Kier alpha value is -1.81. The fourth-order valence-corrected chi connectivity index (χ4v) is 3.29. The number of hydrogen-bond acceptors (Lipinski definition) is 3. The highest BCUT2D eigenvalue weighted by molar-refractivity contribution is 5.68. The minimum atomic E-state index is 0.547. The van der Waals surface area contributed by atoms with Crippen molar-refractivity contribution in [2.24, 2.45) is 0 Å². The first-order chi connectivity index (χ1) is 9.92. The number of nitrogens with one attached hydrogen (secondary N) is 2. The van der Waals surface area contributed by atoms with Crippen LogP contribution >= 0.6 is 0 Å². The summed E-state index contributed by atoms with van der Waals surface area (Å²) in [5.74, 6) is 1.59. The molecule has 0 aliphatic carbocycles. The summed E-state index contributed by atoms with van der Waals surface area (Å²) in [4.78, 5) is 0. The molecule has 2 aliphatic rings. The fraction of sp³-hybridized carbons (Fsp3) is 0.438. The minimum Gasteiger partial charge on any atom is -0.493 e. The number of aromatic amines is 1. The Labute approximate surface area is 118 Å². The van der Waals surface area contributed by atoms with Crippen LogP contribution in [0.25, 0.3) is 11.1 Å². The second kappa shape index (κ2) is 4.94. The highest BCUT2D eigenvalue weighted by Gasteiger charge is 2.21. The second-order valence-corrected chi connectivity index (χ2v) is 5.66. The molecule has 2 N–H and O–H groups in total. The van der Waals surface area contributed by atoms with Crippen LogP contribution in [0.1, 0.15) is 30.0 Å². The molecular weight excluding hydrogens is 250 g/mol. The Morgan fingerprint density at radius 2 is 2.30 bits per heavy atom. The minimum absolute atomic E-state index is 0.547. The molecular formula is C16H19N3O. The highest BCUT2D eigenvalue weighted by atomic mass is 16.5. The van der Waals surface area contributed by atoms with Crippen LogP contribution in [0.4, 0.5) is 0 Å². The van der Waals surface area contributed by atoms with Gasteiger partial charge in [-0.1, -0.05) is 6.07 Å². The van der Waals surface area contributed by atoms with Gasteiger partial charge >= 0.3 is 0 Å². The van der Waals surface area contributed by atoms with Crippen LogP contribution in [-0.4, -0.2) is 29.9 Å². The molecule has 20 heavy (non-hydrogen) atoms. The van der Waals surface area contributed by atoms with Crippen molar-refractivity contribution in [2.75, 3.05) is 19.7 Å². The number of benzene rings is 1. The lowest BCUT2D eigenvalue weighted by molar-refractivity contribution is 0.357. The zero-order valence-corrected chi connectivity index (χ0v) is 11.5. The number of nitrogens with zero attached hydrogens (tertiary/aromatic N) is 1. The van der Waals surface area contributed by atoms with Crippen molar-refractivity contribution in [2.45, 2.75) is 25.2 Å². The van der Waals surface area contributed by atoms with Gasteiger partial charge in [0.05, 0.1) is 12.8 Å². The van der Waals surface area contributed by atoms with E-state index in [0.717, 1.165) is 31.9 Å². The van der Waals surface area contributed by atoms with Crippen molar-refractivity contribution in [3.63, 3.8) is 0 Å². The second-order valence-electron chi connectivity index (χ2n) is 5.66. The first-order valence-corrected chi connectivity index (χ1v) is 7.42. The third-order valence-corrected chi connectivity index (χ3v) is 4.37. The summed E-state index contributed by atoms with van der Waals surface area (Å²) in [5, 5.41) is 11.0. The predicted molar refractivity (Wildman–Crippen MR) is 78.1 cm³/mol. The van der Waals surface area contributed by atoms with E-state index >= 15 is 0 Å². The van der Waals surface area contributed by atoms with Crippen molar-refractivity contribution in [1.82, 2.24) is 15.5 Å². The molecule has 3 heterocycles. The Balaban J connectivity index is 1.70. The lowest BCUT2D eigenvalue weighted by atomic mass is 9.91. The van der Waals surface area contributed by atoms with Crippen LogP contribution in [0.15, 0.2) is 24.4 Å². The third kappa shape index (κ3) is 2.00. The van der Waals surface area contributed by atoms with Crippen LogP contribution < -0.4 is 10.1 Å². The van der Waals surface area contributed by atoms with Gasteiger partial charge in [0.2, 0.25) is 0 Å². The van der Waals surface area contributed by atoms with E-state index in [1.165, 1.54) is 35.2 Å². The van der Waals surface area contributed by atoms with Crippen LogP contribution in [0.5, 0.6) is 5.75 Å². The van der Waals surface area contributed by atoms with Gasteiger partial charge in [-0.3, -0.25) is 5.10 Å². The molecule has 2 aromatic rings. The van der Waals surface area contributed by atoms with Crippen molar-refractivity contribution in [3.8, 4) is 16.9 Å². The quantitative estimate of drug-likeness (QED) is 0.880. The van der Waals surface area contributed by atoms with E-state index in [-0.39, 0.29) is 0 Å². The molecule has 2 aliphatic heterocycles. The Morgan fingerprint density at radius 3 is 3.20 bits per heavy atom. The zero-order chi connectivity index (χ0) is 13.4. The zero-order valence-electron chi connectivity index (χ0n) is 11.5. The molecule has 0 amide bonds. The molecule has 4 nitrogen and oxygen atoms in total. The fourth-order valence-electron chi connectivity index (χ4n) is 3.29. The molecule has 4 heteroatoms. The summed E-state index contributed by atoms with van der Waals surface area (Å²) in [6, 6.07) is 6.50. The molecule has 1 aromatic heterocycles. The standard InChI is InChI=1S/C16H19N3O/c1-2-13(9-17-6-1)16-14(10-18-19-16)11-3-4-15-12(8-11)5-7-20-15/h3-4,8,10,13,17H,1-2,5-7,9H2,(H,18,19). The van der Waals surface area contributed by atoms with E-state index in [9.17, 15) is 0 Å². The number of hydrogen-bond donors (Lipinski definition) is 2. The number of aromatic nitrogens is 2. The normalized spacial score (nSPS) is 21.5. The average Bonchev–Trinajstić information content (AvgIpc) is 3.16. The molecule has 4 rings (SSSR count). The molecule has 0 radical (unpaired) electrons. The average molecular weight is 269 g/mol. The maximum atomic E-state index is 5.58. The largest absolute Gasteiger partial charge is 0.493 e. The first-order valence-electron chi connectivity index (χ1n) is 7.42. The van der Waals surface area contributed by atoms with Gasteiger partial charge in [0.25, 0.3) is 0 Å². The number of piperidine rings is 1. The maximum absolute atomic E-state index is 5.58. The summed E-state index contributed by atoms with van der Waals surface area (Å²) in [5.41, 5.74) is 5.09. The number of H-pyrrole nitrogens is 1. The van der Waals surface area contributed by atoms with Gasteiger partial charge in [0.15, 0.2) is 0 Å². The topological polar surface area (TPSA) is 49.9 Å². The smallest absolute Gasteiger partial charge is 0.122 e. The lowest BCUT2D eigenvalue weighted by Crippen LogP contribution is -2.28. The van der Waals surface area contributed by atoms with Gasteiger partial charge in [0.1, 0.15) is 5.75 Å². The third-order valence-electron chi connectivity index (χ3n) is 4.37. The molecule has 0 saturated carbocycles. The van der Waals surface area contributed by atoms with Gasteiger partial charge < -0.3 is 10.1 Å². The van der Waals surface area contributed by atoms with E-state index < -0.39 is 0 Å². The summed E-state index contributed by atoms with van der Waals surface area (Å²) in [6.07, 6.45) is 5.44. The Morgan fingerprint density at radius 1 is 1.30 bits per heavy atom. The number of rotatable bonds is 2. The van der Waals surface area contributed by atoms with E-state index in [1.807, 2.05) is 6.20 Å². The first kappa shape index (κ1) is 12.0. The van der Waals surface area contributed by atoms with E-state index in [4.69, 9.17) is 4.74 Å². The molecule has 104 valence electrons. The molecule has 1 fully saturated rings. The predicted octanol–water partition coefficient (Wildman–Crippen LogP) is 2.48. The number of fused-ring (bicyclic) bond motifs is 1. The van der Waals surface area contributed by atoms with Crippen molar-refractivity contribution in [3.05, 3.63) is 35.7 Å². The van der Waals surface area contributed by atoms with Crippen LogP contribution in [0.3, 0.4) is 0 Å². The molecule has 1 aromatic carbocycles. The van der Waals surface area contributed by atoms with Crippen molar-refractivity contribution in [1.29, 1.82) is 0 Å². The summed E-state index contributed by atoms with van der Waals surface area (Å²) < 4.78 is 5.58. The lowest BCUT2D eigenvalue weighted by Gasteiger charge is -2.22. The van der Waals surface area contributed by atoms with Crippen LogP contribution in [0, 0.1) is 0 Å². The van der Waals surface area contributed by atoms with Crippen molar-refractivity contribution < 1.29 is 4.74 Å². The van der Waals surface area contributed by atoms with Gasteiger partial charge in [-0.2, -0.15) is 5.10 Å². The van der Waals surface area contributed by atoms with Gasteiger partial charge in [-0.05, 0) is 42.6 Å². The number of ether oxygens (including phenoxy) is 1. The Bertz CT molecular complexity index is 614. The molecule has 0 bridgehead atoms. The Kier molecular flexibility index (Phi) is 2.96. The van der Waals surface area contributed by atoms with Crippen molar-refractivity contribution >= 4 is 0 Å². The summed E-state index contributed by atoms with van der Waals surface area (Å²) in [7, 11) is 0. The van der Waals surface area contributed by atoms with E-state index in [1.54, 1.807) is 0 Å². The van der Waals surface area contributed by atoms with Gasteiger partial charge in [0, 0.05) is 30.1 Å². The van der Waals surface area contributed by atoms with E-state index in [2.05, 4.69) is 33.7 Å². The van der Waals surface area contributed by atoms with Gasteiger partial charge in [-0.25, -0.2) is 0 Å². The van der Waals surface area contributed by atoms with Crippen LogP contribution in [0.2, 0.25) is 0 Å². The molecule has 0 spiro atoms. The summed E-state index contributed by atoms with van der Waals surface area (Å²) in [6.45, 7) is 2.99. The van der Waals surface area contributed by atoms with Gasteiger partial charge in [-0.15, -0.1) is 0 Å². The summed E-state index contributed by atoms with van der Waals surface area (Å²) >= 11 is 0. The maximum Gasteiger partial charge on any atom is 0.122 e. The molecule has 1 saturated heterocycles. The van der Waals surface area contributed by atoms with E-state index in [0.29, 0.717) is 5.92 Å². The van der Waals surface area contributed by atoms with Crippen LogP contribution in [-0.2, 0) is 6.42 Å². The monoisotopic (exact) mass is 269 g/mol.